The molecule has 8 nitrogen and oxygen atoms in total. The zero-order valence-corrected chi connectivity index (χ0v) is 15.4. The van der Waals surface area contributed by atoms with Crippen LogP contribution in [-0.2, 0) is 6.61 Å². The molecule has 3 aromatic heterocycles. The topological polar surface area (TPSA) is 110 Å². The van der Waals surface area contributed by atoms with E-state index in [2.05, 4.69) is 25.5 Å². The van der Waals surface area contributed by atoms with Gasteiger partial charge in [-0.15, -0.1) is 5.10 Å². The van der Waals surface area contributed by atoms with Crippen molar-refractivity contribution >= 4 is 34.0 Å². The van der Waals surface area contributed by atoms with Crippen LogP contribution in [0.2, 0.25) is 5.15 Å². The van der Waals surface area contributed by atoms with E-state index in [0.717, 1.165) is 11.3 Å². The minimum absolute atomic E-state index is 0.241. The van der Waals surface area contributed by atoms with E-state index >= 15 is 0 Å². The normalized spacial score (nSPS) is 10.6. The van der Waals surface area contributed by atoms with Crippen LogP contribution in [0.3, 0.4) is 0 Å². The molecule has 0 saturated carbocycles. The number of aliphatic hydroxyl groups is 1. The van der Waals surface area contributed by atoms with Crippen LogP contribution in [-0.4, -0.2) is 38.3 Å². The summed E-state index contributed by atoms with van der Waals surface area (Å²) >= 11 is 7.11. The SMILES string of the molecule is COc1nnc(NC(=O)c2cnc(C)cc2-c2cc(Cl)ncc2CO)s1. The summed E-state index contributed by atoms with van der Waals surface area (Å²) in [5, 5.41) is 20.8. The quantitative estimate of drug-likeness (QED) is 0.643. The third kappa shape index (κ3) is 3.79. The van der Waals surface area contributed by atoms with Gasteiger partial charge in [0.05, 0.1) is 19.3 Å². The molecular weight excluding hydrogens is 378 g/mol. The fourth-order valence-electron chi connectivity index (χ4n) is 2.31. The van der Waals surface area contributed by atoms with Crippen LogP contribution in [0.25, 0.3) is 11.1 Å². The molecule has 0 spiro atoms. The van der Waals surface area contributed by atoms with Crippen LogP contribution in [0.5, 0.6) is 5.19 Å². The molecule has 0 bridgehead atoms. The minimum atomic E-state index is -0.414. The van der Waals surface area contributed by atoms with E-state index in [1.165, 1.54) is 19.5 Å². The molecule has 10 heteroatoms. The molecule has 3 rings (SSSR count). The number of aryl methyl sites for hydroxylation is 1. The molecule has 0 radical (unpaired) electrons. The minimum Gasteiger partial charge on any atom is -0.472 e. The summed E-state index contributed by atoms with van der Waals surface area (Å²) in [4.78, 5) is 20.9. The molecule has 0 aliphatic carbocycles. The Morgan fingerprint density at radius 3 is 2.77 bits per heavy atom. The number of methoxy groups -OCH3 is 1. The summed E-state index contributed by atoms with van der Waals surface area (Å²) in [6.07, 6.45) is 2.94. The van der Waals surface area contributed by atoms with Crippen molar-refractivity contribution in [3.8, 4) is 16.3 Å². The van der Waals surface area contributed by atoms with Crippen molar-refractivity contribution in [3.63, 3.8) is 0 Å². The van der Waals surface area contributed by atoms with Gasteiger partial charge >= 0.3 is 0 Å². The van der Waals surface area contributed by atoms with Gasteiger partial charge in [0, 0.05) is 23.7 Å². The van der Waals surface area contributed by atoms with Gasteiger partial charge in [-0.3, -0.25) is 15.1 Å². The summed E-state index contributed by atoms with van der Waals surface area (Å²) in [6, 6.07) is 3.35. The van der Waals surface area contributed by atoms with Crippen LogP contribution < -0.4 is 10.1 Å². The molecule has 0 fully saturated rings. The van der Waals surface area contributed by atoms with Gasteiger partial charge in [-0.1, -0.05) is 16.7 Å². The maximum absolute atomic E-state index is 12.7. The Bertz CT molecular complexity index is 963. The van der Waals surface area contributed by atoms with Gasteiger partial charge in [-0.2, -0.15) is 0 Å². The second kappa shape index (κ2) is 7.73. The first kappa shape index (κ1) is 18.2. The van der Waals surface area contributed by atoms with E-state index in [1.807, 2.05) is 6.92 Å². The summed E-state index contributed by atoms with van der Waals surface area (Å²) in [6.45, 7) is 1.57. The Morgan fingerprint density at radius 2 is 2.08 bits per heavy atom. The number of carbonyl (C=O) groups excluding carboxylic acids is 1. The molecule has 0 atom stereocenters. The number of halogens is 1. The third-order valence-electron chi connectivity index (χ3n) is 3.50. The average Bonchev–Trinajstić information content (AvgIpc) is 3.09. The lowest BCUT2D eigenvalue weighted by Crippen LogP contribution is -2.14. The van der Waals surface area contributed by atoms with Crippen molar-refractivity contribution in [2.24, 2.45) is 0 Å². The van der Waals surface area contributed by atoms with Gasteiger partial charge in [0.25, 0.3) is 11.1 Å². The van der Waals surface area contributed by atoms with Gasteiger partial charge in [0.2, 0.25) is 5.13 Å². The Balaban J connectivity index is 2.03. The molecule has 2 N–H and O–H groups in total. The number of nitrogens with one attached hydrogen (secondary N) is 1. The van der Waals surface area contributed by atoms with Gasteiger partial charge in [0.15, 0.2) is 0 Å². The third-order valence-corrected chi connectivity index (χ3v) is 4.51. The number of pyridine rings is 2. The summed E-state index contributed by atoms with van der Waals surface area (Å²) < 4.78 is 4.97. The lowest BCUT2D eigenvalue weighted by atomic mass is 9.97. The highest BCUT2D eigenvalue weighted by molar-refractivity contribution is 7.17. The number of amides is 1. The smallest absolute Gasteiger partial charge is 0.295 e. The summed E-state index contributed by atoms with van der Waals surface area (Å²) in [7, 11) is 1.47. The van der Waals surface area contributed by atoms with Crippen molar-refractivity contribution in [3.05, 3.63) is 46.5 Å². The Labute approximate surface area is 157 Å². The average molecular weight is 392 g/mol. The number of aliphatic hydroxyl groups excluding tert-OH is 1. The fraction of sp³-hybridized carbons (Fsp3) is 0.188. The number of carbonyl (C=O) groups is 1. The van der Waals surface area contributed by atoms with Crippen molar-refractivity contribution in [1.82, 2.24) is 20.2 Å². The highest BCUT2D eigenvalue weighted by Crippen LogP contribution is 2.30. The molecule has 134 valence electrons. The van der Waals surface area contributed by atoms with Gasteiger partial charge in [-0.05, 0) is 41.5 Å². The molecule has 3 heterocycles. The molecule has 1 amide bonds. The predicted molar refractivity (Wildman–Crippen MR) is 97.6 cm³/mol. The van der Waals surface area contributed by atoms with Crippen LogP contribution in [0.1, 0.15) is 21.6 Å². The number of ether oxygens (including phenoxy) is 1. The number of nitrogens with zero attached hydrogens (tertiary/aromatic N) is 4. The van der Waals surface area contributed by atoms with Crippen molar-refractivity contribution in [2.45, 2.75) is 13.5 Å². The number of aromatic nitrogens is 4. The zero-order chi connectivity index (χ0) is 18.7. The molecule has 0 aromatic carbocycles. The van der Waals surface area contributed by atoms with Crippen LogP contribution in [0.4, 0.5) is 5.13 Å². The van der Waals surface area contributed by atoms with Crippen molar-refractivity contribution in [2.75, 3.05) is 12.4 Å². The molecule has 26 heavy (non-hydrogen) atoms. The van der Waals surface area contributed by atoms with Crippen LogP contribution >= 0.6 is 22.9 Å². The fourth-order valence-corrected chi connectivity index (χ4v) is 3.02. The van der Waals surface area contributed by atoms with Crippen LogP contribution in [0.15, 0.2) is 24.5 Å². The van der Waals surface area contributed by atoms with Gasteiger partial charge in [-0.25, -0.2) is 4.98 Å². The van der Waals surface area contributed by atoms with Gasteiger partial charge in [0.1, 0.15) is 5.15 Å². The van der Waals surface area contributed by atoms with Gasteiger partial charge < -0.3 is 9.84 Å². The predicted octanol–water partition coefficient (Wildman–Crippen LogP) is 2.71. The van der Waals surface area contributed by atoms with Crippen LogP contribution in [0, 0.1) is 6.92 Å². The molecule has 3 aromatic rings. The Hall–Kier alpha value is -2.62. The molecule has 0 aliphatic heterocycles. The maximum atomic E-state index is 12.7. The molecular formula is C16H14ClN5O3S. The van der Waals surface area contributed by atoms with Crippen molar-refractivity contribution in [1.29, 1.82) is 0 Å². The lowest BCUT2D eigenvalue weighted by Gasteiger charge is -2.13. The number of hydrogen-bond donors (Lipinski definition) is 2. The highest BCUT2D eigenvalue weighted by atomic mass is 35.5. The first-order chi connectivity index (χ1) is 12.5. The lowest BCUT2D eigenvalue weighted by molar-refractivity contribution is 0.102. The monoisotopic (exact) mass is 391 g/mol. The maximum Gasteiger partial charge on any atom is 0.295 e. The van der Waals surface area contributed by atoms with E-state index in [-0.39, 0.29) is 11.8 Å². The van der Waals surface area contributed by atoms with E-state index < -0.39 is 5.91 Å². The highest BCUT2D eigenvalue weighted by Gasteiger charge is 2.18. The van der Waals surface area contributed by atoms with E-state index in [1.54, 1.807) is 12.1 Å². The zero-order valence-electron chi connectivity index (χ0n) is 13.9. The number of hydrogen-bond acceptors (Lipinski definition) is 8. The summed E-state index contributed by atoms with van der Waals surface area (Å²) in [5.41, 5.74) is 2.76. The number of rotatable bonds is 5. The Morgan fingerprint density at radius 1 is 1.27 bits per heavy atom. The van der Waals surface area contributed by atoms with E-state index in [4.69, 9.17) is 16.3 Å². The largest absolute Gasteiger partial charge is 0.472 e. The first-order valence-corrected chi connectivity index (χ1v) is 8.62. The molecule has 0 aliphatic rings. The Kier molecular flexibility index (Phi) is 5.40. The second-order valence-electron chi connectivity index (χ2n) is 5.22. The number of anilines is 1. The molecule has 0 saturated heterocycles. The van der Waals surface area contributed by atoms with E-state index in [9.17, 15) is 9.90 Å². The summed E-state index contributed by atoms with van der Waals surface area (Å²) in [5.74, 6) is -0.414. The first-order valence-electron chi connectivity index (χ1n) is 7.43. The van der Waals surface area contributed by atoms with Crippen molar-refractivity contribution < 1.29 is 14.6 Å². The standard InChI is InChI=1S/C16H14ClN5O3S/c1-8-3-11(10-4-13(17)19-5-9(10)7-23)12(6-18-8)14(24)20-15-21-22-16(25-2)26-15/h3-6,23H,7H2,1-2H3,(H,20,21,24). The second-order valence-corrected chi connectivity index (χ2v) is 6.55. The van der Waals surface area contributed by atoms with E-state index in [0.29, 0.717) is 38.3 Å². The molecule has 0 unspecified atom stereocenters.